The Labute approximate surface area is 158 Å². The average molecular weight is 370 g/mol. The van der Waals surface area contributed by atoms with E-state index in [1.165, 1.54) is 6.07 Å². The summed E-state index contributed by atoms with van der Waals surface area (Å²) in [5.41, 5.74) is 1.63. The van der Waals surface area contributed by atoms with E-state index in [1.807, 2.05) is 18.2 Å². The van der Waals surface area contributed by atoms with Crippen molar-refractivity contribution in [3.63, 3.8) is 0 Å². The van der Waals surface area contributed by atoms with Gasteiger partial charge in [-0.05, 0) is 43.1 Å². The average Bonchev–Trinajstić information content (AvgIpc) is 3.15. The number of halogens is 1. The van der Waals surface area contributed by atoms with Crippen LogP contribution in [0.4, 0.5) is 4.39 Å². The van der Waals surface area contributed by atoms with E-state index >= 15 is 0 Å². The Morgan fingerprint density at radius 3 is 2.81 bits per heavy atom. The molecule has 0 aliphatic carbocycles. The van der Waals surface area contributed by atoms with E-state index < -0.39 is 0 Å². The SMILES string of the molecule is O=C(CN1CCCC1c1ccc2c(c1)OCCO2)NCc1ccccc1F. The number of nitrogens with one attached hydrogen (secondary N) is 1. The molecule has 2 aliphatic heterocycles. The molecule has 0 saturated carbocycles. The number of nitrogens with zero attached hydrogens (tertiary/aromatic N) is 1. The number of hydrogen-bond acceptors (Lipinski definition) is 4. The molecular formula is C21H23FN2O3. The van der Waals surface area contributed by atoms with Gasteiger partial charge in [0.2, 0.25) is 5.91 Å². The molecule has 2 aromatic carbocycles. The van der Waals surface area contributed by atoms with Crippen LogP contribution in [0, 0.1) is 5.82 Å². The van der Waals surface area contributed by atoms with Crippen LogP contribution in [0.25, 0.3) is 0 Å². The standard InChI is InChI=1S/C21H23FN2O3/c22-17-5-2-1-4-16(17)13-23-21(25)14-24-9-3-6-18(24)15-7-8-19-20(12-15)27-11-10-26-19/h1-2,4-5,7-8,12,18H,3,6,9-11,13-14H2,(H,23,25). The molecule has 1 unspecified atom stereocenters. The molecule has 0 bridgehead atoms. The summed E-state index contributed by atoms with van der Waals surface area (Å²) in [7, 11) is 0. The molecular weight excluding hydrogens is 347 g/mol. The quantitative estimate of drug-likeness (QED) is 0.879. The fourth-order valence-corrected chi connectivity index (χ4v) is 3.74. The number of carbonyl (C=O) groups excluding carboxylic acids is 1. The predicted octanol–water partition coefficient (Wildman–Crippen LogP) is 3.05. The third kappa shape index (κ3) is 4.06. The van der Waals surface area contributed by atoms with Crippen molar-refractivity contribution < 1.29 is 18.7 Å². The van der Waals surface area contributed by atoms with Crippen molar-refractivity contribution >= 4 is 5.91 Å². The largest absolute Gasteiger partial charge is 0.486 e. The molecule has 27 heavy (non-hydrogen) atoms. The van der Waals surface area contributed by atoms with E-state index in [1.54, 1.807) is 18.2 Å². The third-order valence-corrected chi connectivity index (χ3v) is 5.10. The van der Waals surface area contributed by atoms with Gasteiger partial charge in [0.05, 0.1) is 6.54 Å². The Bertz CT molecular complexity index is 827. The maximum atomic E-state index is 13.7. The van der Waals surface area contributed by atoms with Crippen LogP contribution in [0.15, 0.2) is 42.5 Å². The summed E-state index contributed by atoms with van der Waals surface area (Å²) in [6, 6.07) is 12.7. The van der Waals surface area contributed by atoms with Gasteiger partial charge in [-0.3, -0.25) is 9.69 Å². The van der Waals surface area contributed by atoms with Crippen molar-refractivity contribution in [2.45, 2.75) is 25.4 Å². The van der Waals surface area contributed by atoms with Gasteiger partial charge >= 0.3 is 0 Å². The van der Waals surface area contributed by atoms with E-state index in [2.05, 4.69) is 10.2 Å². The molecule has 1 fully saturated rings. The number of ether oxygens (including phenoxy) is 2. The van der Waals surface area contributed by atoms with Crippen LogP contribution in [0.5, 0.6) is 11.5 Å². The first-order valence-electron chi connectivity index (χ1n) is 9.34. The summed E-state index contributed by atoms with van der Waals surface area (Å²) in [4.78, 5) is 14.5. The summed E-state index contributed by atoms with van der Waals surface area (Å²) in [5, 5.41) is 2.82. The molecule has 1 saturated heterocycles. The molecule has 142 valence electrons. The number of fused-ring (bicyclic) bond motifs is 1. The van der Waals surface area contributed by atoms with Gasteiger partial charge in [-0.1, -0.05) is 24.3 Å². The van der Waals surface area contributed by atoms with Gasteiger partial charge in [-0.25, -0.2) is 4.39 Å². The Kier molecular flexibility index (Phi) is 5.25. The lowest BCUT2D eigenvalue weighted by molar-refractivity contribution is -0.122. The molecule has 2 heterocycles. The summed E-state index contributed by atoms with van der Waals surface area (Å²) in [6.07, 6.45) is 2.04. The van der Waals surface area contributed by atoms with Gasteiger partial charge in [-0.2, -0.15) is 0 Å². The highest BCUT2D eigenvalue weighted by Gasteiger charge is 2.28. The minimum atomic E-state index is -0.298. The van der Waals surface area contributed by atoms with Crippen molar-refractivity contribution in [2.75, 3.05) is 26.3 Å². The summed E-state index contributed by atoms with van der Waals surface area (Å²) in [5.74, 6) is 1.16. The van der Waals surface area contributed by atoms with Crippen LogP contribution in [-0.2, 0) is 11.3 Å². The summed E-state index contributed by atoms with van der Waals surface area (Å²) >= 11 is 0. The van der Waals surface area contributed by atoms with Crippen molar-refractivity contribution in [1.29, 1.82) is 0 Å². The molecule has 0 spiro atoms. The molecule has 2 aliphatic rings. The van der Waals surface area contributed by atoms with Crippen LogP contribution in [0.2, 0.25) is 0 Å². The number of benzene rings is 2. The summed E-state index contributed by atoms with van der Waals surface area (Å²) in [6.45, 7) is 2.50. The zero-order valence-electron chi connectivity index (χ0n) is 15.1. The highest BCUT2D eigenvalue weighted by Crippen LogP contribution is 2.37. The maximum absolute atomic E-state index is 13.7. The fraction of sp³-hybridized carbons (Fsp3) is 0.381. The number of rotatable bonds is 5. The molecule has 6 heteroatoms. The van der Waals surface area contributed by atoms with E-state index in [9.17, 15) is 9.18 Å². The monoisotopic (exact) mass is 370 g/mol. The molecule has 0 radical (unpaired) electrons. The van der Waals surface area contributed by atoms with Gasteiger partial charge in [0.15, 0.2) is 11.5 Å². The third-order valence-electron chi connectivity index (χ3n) is 5.10. The Morgan fingerprint density at radius 2 is 1.96 bits per heavy atom. The van der Waals surface area contributed by atoms with Gasteiger partial charge in [-0.15, -0.1) is 0 Å². The second-order valence-electron chi connectivity index (χ2n) is 6.90. The molecule has 0 aromatic heterocycles. The number of hydrogen-bond donors (Lipinski definition) is 1. The van der Waals surface area contributed by atoms with Crippen molar-refractivity contribution in [2.24, 2.45) is 0 Å². The Balaban J connectivity index is 1.38. The van der Waals surface area contributed by atoms with E-state index in [0.717, 1.165) is 36.4 Å². The normalized spacial score (nSPS) is 19.1. The van der Waals surface area contributed by atoms with Gasteiger partial charge in [0, 0.05) is 18.2 Å². The number of amides is 1. The smallest absolute Gasteiger partial charge is 0.234 e. The first-order valence-corrected chi connectivity index (χ1v) is 9.34. The lowest BCUT2D eigenvalue weighted by Crippen LogP contribution is -2.36. The second kappa shape index (κ2) is 7.96. The maximum Gasteiger partial charge on any atom is 0.234 e. The molecule has 1 amide bonds. The first-order chi connectivity index (χ1) is 13.2. The molecule has 4 rings (SSSR count). The molecule has 1 N–H and O–H groups in total. The Morgan fingerprint density at radius 1 is 1.15 bits per heavy atom. The van der Waals surface area contributed by atoms with Gasteiger partial charge < -0.3 is 14.8 Å². The number of carbonyl (C=O) groups is 1. The van der Waals surface area contributed by atoms with Crippen molar-refractivity contribution in [3.8, 4) is 11.5 Å². The number of likely N-dealkylation sites (tertiary alicyclic amines) is 1. The highest BCUT2D eigenvalue weighted by molar-refractivity contribution is 5.78. The fourth-order valence-electron chi connectivity index (χ4n) is 3.74. The van der Waals surface area contributed by atoms with Crippen LogP contribution >= 0.6 is 0 Å². The first kappa shape index (κ1) is 17.8. The second-order valence-corrected chi connectivity index (χ2v) is 6.90. The predicted molar refractivity (Wildman–Crippen MR) is 99.2 cm³/mol. The summed E-state index contributed by atoms with van der Waals surface area (Å²) < 4.78 is 24.9. The van der Waals surface area contributed by atoms with Crippen LogP contribution in [0.1, 0.15) is 30.0 Å². The van der Waals surface area contributed by atoms with Crippen molar-refractivity contribution in [3.05, 3.63) is 59.4 Å². The Hall–Kier alpha value is -2.60. The minimum absolute atomic E-state index is 0.0947. The zero-order valence-corrected chi connectivity index (χ0v) is 15.1. The van der Waals surface area contributed by atoms with Crippen LogP contribution in [-0.4, -0.2) is 37.1 Å². The van der Waals surface area contributed by atoms with E-state index in [0.29, 0.717) is 25.3 Å². The molecule has 2 aromatic rings. The lowest BCUT2D eigenvalue weighted by atomic mass is 10.0. The lowest BCUT2D eigenvalue weighted by Gasteiger charge is -2.26. The van der Waals surface area contributed by atoms with Crippen LogP contribution < -0.4 is 14.8 Å². The highest BCUT2D eigenvalue weighted by atomic mass is 19.1. The van der Waals surface area contributed by atoms with Crippen molar-refractivity contribution in [1.82, 2.24) is 10.2 Å². The van der Waals surface area contributed by atoms with Gasteiger partial charge in [0.1, 0.15) is 19.0 Å². The van der Waals surface area contributed by atoms with E-state index in [4.69, 9.17) is 9.47 Å². The molecule has 5 nitrogen and oxygen atoms in total. The van der Waals surface area contributed by atoms with E-state index in [-0.39, 0.29) is 24.3 Å². The molecule has 1 atom stereocenters. The zero-order chi connectivity index (χ0) is 18.6. The van der Waals surface area contributed by atoms with Crippen LogP contribution in [0.3, 0.4) is 0 Å². The minimum Gasteiger partial charge on any atom is -0.486 e. The topological polar surface area (TPSA) is 50.8 Å². The van der Waals surface area contributed by atoms with Gasteiger partial charge in [0.25, 0.3) is 0 Å².